The van der Waals surface area contributed by atoms with Crippen LogP contribution in [-0.2, 0) is 6.54 Å². The second kappa shape index (κ2) is 5.40. The Morgan fingerprint density at radius 1 is 1.33 bits per heavy atom. The van der Waals surface area contributed by atoms with Gasteiger partial charge in [0.2, 0.25) is 0 Å². The zero-order valence-electron chi connectivity index (χ0n) is 11.4. The first-order chi connectivity index (χ1) is 10.1. The molecule has 1 aliphatic heterocycles. The molecule has 0 unspecified atom stereocenters. The zero-order chi connectivity index (χ0) is 15.0. The number of nitrogen functional groups attached to an aromatic ring is 1. The predicted octanol–water partition coefficient (Wildman–Crippen LogP) is 1.72. The molecule has 110 valence electrons. The van der Waals surface area contributed by atoms with E-state index >= 15 is 0 Å². The Kier molecular flexibility index (Phi) is 3.59. The molecule has 0 saturated heterocycles. The quantitative estimate of drug-likeness (QED) is 0.833. The Morgan fingerprint density at radius 3 is 2.71 bits per heavy atom. The Morgan fingerprint density at radius 2 is 2.00 bits per heavy atom. The van der Waals surface area contributed by atoms with E-state index in [9.17, 15) is 4.79 Å². The van der Waals surface area contributed by atoms with Crippen molar-refractivity contribution in [3.63, 3.8) is 0 Å². The van der Waals surface area contributed by atoms with Crippen LogP contribution < -0.4 is 20.8 Å². The van der Waals surface area contributed by atoms with E-state index < -0.39 is 0 Å². The van der Waals surface area contributed by atoms with Crippen LogP contribution in [0.4, 0.5) is 5.69 Å². The Hall–Kier alpha value is -2.02. The minimum atomic E-state index is -0.142. The lowest BCUT2D eigenvalue weighted by atomic mass is 10.1. The van der Waals surface area contributed by atoms with Crippen LogP contribution in [0.1, 0.15) is 11.3 Å². The zero-order valence-corrected chi connectivity index (χ0v) is 13.0. The number of nitrogens with two attached hydrogens (primary N) is 1. The number of benzene rings is 1. The van der Waals surface area contributed by atoms with E-state index in [0.29, 0.717) is 47.1 Å². The topological polar surface area (TPSA) is 79.4 Å². The first-order valence-corrected chi connectivity index (χ1v) is 7.25. The van der Waals surface area contributed by atoms with Gasteiger partial charge in [-0.1, -0.05) is 0 Å². The maximum Gasteiger partial charge on any atom is 0.268 e. The number of nitrogens with zero attached hydrogens (tertiary/aromatic N) is 2. The maximum atomic E-state index is 12.2. The molecule has 7 heteroatoms. The van der Waals surface area contributed by atoms with Crippen molar-refractivity contribution >= 4 is 21.6 Å². The maximum absolute atomic E-state index is 12.2. The van der Waals surface area contributed by atoms with E-state index in [2.05, 4.69) is 20.9 Å². The molecule has 0 atom stereocenters. The van der Waals surface area contributed by atoms with Crippen LogP contribution in [0, 0.1) is 6.92 Å². The highest BCUT2D eigenvalue weighted by molar-refractivity contribution is 9.10. The van der Waals surface area contributed by atoms with Crippen LogP contribution in [0.15, 0.2) is 27.7 Å². The molecule has 21 heavy (non-hydrogen) atoms. The molecule has 0 saturated carbocycles. The van der Waals surface area contributed by atoms with Gasteiger partial charge in [0.25, 0.3) is 5.56 Å². The first-order valence-electron chi connectivity index (χ1n) is 6.46. The molecule has 1 aromatic heterocycles. The van der Waals surface area contributed by atoms with Crippen LogP contribution in [0.5, 0.6) is 11.5 Å². The lowest BCUT2D eigenvalue weighted by Gasteiger charge is -2.20. The number of ether oxygens (including phenoxy) is 2. The highest BCUT2D eigenvalue weighted by Crippen LogP contribution is 2.34. The summed E-state index contributed by atoms with van der Waals surface area (Å²) < 4.78 is 13.0. The number of fused-ring (bicyclic) bond motifs is 1. The van der Waals surface area contributed by atoms with Crippen LogP contribution >= 0.6 is 15.9 Å². The molecule has 1 aromatic carbocycles. The number of aryl methyl sites for hydroxylation is 1. The van der Waals surface area contributed by atoms with Gasteiger partial charge in [0.05, 0.1) is 18.6 Å². The minimum Gasteiger partial charge on any atom is -0.486 e. The summed E-state index contributed by atoms with van der Waals surface area (Å²) in [7, 11) is 0. The number of hydrogen-bond donors (Lipinski definition) is 1. The summed E-state index contributed by atoms with van der Waals surface area (Å²) in [6.07, 6.45) is 1.51. The molecular formula is C14H14BrN3O3. The second-order valence-electron chi connectivity index (χ2n) is 4.77. The average molecular weight is 352 g/mol. The fourth-order valence-corrected chi connectivity index (χ4v) is 2.46. The molecule has 0 aliphatic carbocycles. The number of hydrogen-bond acceptors (Lipinski definition) is 5. The van der Waals surface area contributed by atoms with E-state index in [4.69, 9.17) is 15.2 Å². The molecule has 2 aromatic rings. The van der Waals surface area contributed by atoms with Crippen LogP contribution in [0.25, 0.3) is 0 Å². The van der Waals surface area contributed by atoms with Gasteiger partial charge in [-0.3, -0.25) is 9.36 Å². The number of rotatable bonds is 2. The SMILES string of the molecule is Cc1ncn(Cc2cc3c(cc2N)OCCO3)c(=O)c1Br. The minimum absolute atomic E-state index is 0.142. The normalized spacial score (nSPS) is 13.2. The number of aromatic nitrogens is 2. The summed E-state index contributed by atoms with van der Waals surface area (Å²) in [5.41, 5.74) is 7.89. The lowest BCUT2D eigenvalue weighted by Crippen LogP contribution is -2.23. The van der Waals surface area contributed by atoms with Crippen molar-refractivity contribution in [2.24, 2.45) is 0 Å². The summed E-state index contributed by atoms with van der Waals surface area (Å²) in [5.74, 6) is 1.29. The number of anilines is 1. The summed E-state index contributed by atoms with van der Waals surface area (Å²) in [6.45, 7) is 3.12. The van der Waals surface area contributed by atoms with Gasteiger partial charge < -0.3 is 15.2 Å². The fraction of sp³-hybridized carbons (Fsp3) is 0.286. The van der Waals surface area contributed by atoms with Gasteiger partial charge in [0, 0.05) is 11.8 Å². The predicted molar refractivity (Wildman–Crippen MR) is 81.9 cm³/mol. The van der Waals surface area contributed by atoms with Crippen molar-refractivity contribution in [2.75, 3.05) is 18.9 Å². The van der Waals surface area contributed by atoms with Crippen molar-refractivity contribution in [3.8, 4) is 11.5 Å². The Labute approximate surface area is 129 Å². The van der Waals surface area contributed by atoms with Crippen molar-refractivity contribution in [1.82, 2.24) is 9.55 Å². The molecule has 6 nitrogen and oxygen atoms in total. The monoisotopic (exact) mass is 351 g/mol. The van der Waals surface area contributed by atoms with Gasteiger partial charge in [-0.2, -0.15) is 0 Å². The third-order valence-electron chi connectivity index (χ3n) is 3.30. The highest BCUT2D eigenvalue weighted by atomic mass is 79.9. The Balaban J connectivity index is 1.99. The van der Waals surface area contributed by atoms with E-state index in [1.807, 2.05) is 6.07 Å². The van der Waals surface area contributed by atoms with E-state index in [-0.39, 0.29) is 5.56 Å². The molecule has 2 heterocycles. The molecular weight excluding hydrogens is 338 g/mol. The molecule has 1 aliphatic rings. The largest absolute Gasteiger partial charge is 0.486 e. The molecule has 0 amide bonds. The van der Waals surface area contributed by atoms with Crippen LogP contribution in [0.2, 0.25) is 0 Å². The van der Waals surface area contributed by atoms with Crippen LogP contribution in [0.3, 0.4) is 0 Å². The molecule has 0 radical (unpaired) electrons. The number of halogens is 1. The van der Waals surface area contributed by atoms with E-state index in [0.717, 1.165) is 5.56 Å². The van der Waals surface area contributed by atoms with Crippen molar-refractivity contribution in [3.05, 3.63) is 44.5 Å². The smallest absolute Gasteiger partial charge is 0.268 e. The second-order valence-corrected chi connectivity index (χ2v) is 5.56. The standard InChI is InChI=1S/C14H14BrN3O3/c1-8-13(15)14(19)18(7-17-8)6-9-4-11-12(5-10(9)16)21-3-2-20-11/h4-5,7H,2-3,6,16H2,1H3. The molecule has 0 fully saturated rings. The van der Waals surface area contributed by atoms with Gasteiger partial charge in [0.15, 0.2) is 11.5 Å². The van der Waals surface area contributed by atoms with Gasteiger partial charge in [-0.15, -0.1) is 0 Å². The van der Waals surface area contributed by atoms with Gasteiger partial charge in [0.1, 0.15) is 17.7 Å². The van der Waals surface area contributed by atoms with Crippen molar-refractivity contribution in [2.45, 2.75) is 13.5 Å². The van der Waals surface area contributed by atoms with E-state index in [1.54, 1.807) is 13.0 Å². The molecule has 0 spiro atoms. The highest BCUT2D eigenvalue weighted by Gasteiger charge is 2.15. The van der Waals surface area contributed by atoms with Gasteiger partial charge >= 0.3 is 0 Å². The summed E-state index contributed by atoms with van der Waals surface area (Å²) in [6, 6.07) is 3.54. The average Bonchev–Trinajstić information content (AvgIpc) is 2.48. The third kappa shape index (κ3) is 2.61. The fourth-order valence-electron chi connectivity index (χ4n) is 2.13. The first kappa shape index (κ1) is 13.9. The van der Waals surface area contributed by atoms with Gasteiger partial charge in [-0.25, -0.2) is 4.98 Å². The summed E-state index contributed by atoms with van der Waals surface area (Å²) in [4.78, 5) is 16.3. The van der Waals surface area contributed by atoms with E-state index in [1.165, 1.54) is 10.9 Å². The van der Waals surface area contributed by atoms with Gasteiger partial charge in [-0.05, 0) is 34.5 Å². The molecule has 3 rings (SSSR count). The summed E-state index contributed by atoms with van der Waals surface area (Å²) in [5, 5.41) is 0. The molecule has 0 bridgehead atoms. The molecule has 2 N–H and O–H groups in total. The summed E-state index contributed by atoms with van der Waals surface area (Å²) >= 11 is 3.25. The van der Waals surface area contributed by atoms with Crippen molar-refractivity contribution < 1.29 is 9.47 Å². The Bertz CT molecular complexity index is 758. The van der Waals surface area contributed by atoms with Crippen LogP contribution in [-0.4, -0.2) is 22.8 Å². The lowest BCUT2D eigenvalue weighted by molar-refractivity contribution is 0.171. The third-order valence-corrected chi connectivity index (χ3v) is 4.21. The van der Waals surface area contributed by atoms with Crippen molar-refractivity contribution in [1.29, 1.82) is 0 Å².